The molecular weight excluding hydrogens is 391 g/mol. The van der Waals surface area contributed by atoms with E-state index in [2.05, 4.69) is 28.9 Å². The predicted molar refractivity (Wildman–Crippen MR) is 119 cm³/mol. The number of nitrogens with zero attached hydrogens (tertiary/aromatic N) is 2. The molecule has 2 aliphatic heterocycles. The van der Waals surface area contributed by atoms with Gasteiger partial charge in [0, 0.05) is 43.1 Å². The van der Waals surface area contributed by atoms with Gasteiger partial charge in [-0.15, -0.1) is 0 Å². The maximum absolute atomic E-state index is 13.8. The Morgan fingerprint density at radius 1 is 1.10 bits per heavy atom. The number of benzene rings is 2. The third kappa shape index (κ3) is 4.51. The van der Waals surface area contributed by atoms with Crippen molar-refractivity contribution in [2.24, 2.45) is 0 Å². The molecule has 2 aromatic carbocycles. The first-order chi connectivity index (χ1) is 15.1. The quantitative estimate of drug-likeness (QED) is 0.775. The highest BCUT2D eigenvalue weighted by Gasteiger charge is 2.49. The molecule has 31 heavy (non-hydrogen) atoms. The normalized spacial score (nSPS) is 23.6. The summed E-state index contributed by atoms with van der Waals surface area (Å²) < 4.78 is 13.8. The molecule has 0 spiro atoms. The van der Waals surface area contributed by atoms with Gasteiger partial charge < -0.3 is 10.0 Å². The standard InChI is InChI=1S/C26H29FN2O2/c1-2-25(31)28-15-5-6-16-29-23(17-28)26(24(29)18-30)21-13-10-19(11-14-21)9-12-20-7-3-4-8-22(20)27/h3-4,7-8,10-11,13-14,23-24,26,30H,2,5-6,15-18H2,1H3/t23-,24+,26-/m0/s1. The molecule has 1 N–H and O–H groups in total. The molecule has 4 nitrogen and oxygen atoms in total. The molecule has 162 valence electrons. The van der Waals surface area contributed by atoms with Crippen molar-refractivity contribution in [1.29, 1.82) is 0 Å². The van der Waals surface area contributed by atoms with Gasteiger partial charge in [0.2, 0.25) is 5.91 Å². The SMILES string of the molecule is CCC(=O)N1CCCCN2[C@H](CO)[C@@H](c3ccc(C#Cc4ccccc4F)cc3)[C@@H]2C1. The second-order valence-electron chi connectivity index (χ2n) is 8.33. The van der Waals surface area contributed by atoms with Gasteiger partial charge in [0.15, 0.2) is 0 Å². The highest BCUT2D eigenvalue weighted by Crippen LogP contribution is 2.42. The van der Waals surface area contributed by atoms with E-state index in [1.54, 1.807) is 18.2 Å². The molecular formula is C26H29FN2O2. The number of rotatable bonds is 3. The van der Waals surface area contributed by atoms with Crippen molar-refractivity contribution in [1.82, 2.24) is 9.80 Å². The first-order valence-corrected chi connectivity index (χ1v) is 11.1. The van der Waals surface area contributed by atoms with Crippen LogP contribution in [-0.4, -0.2) is 59.1 Å². The van der Waals surface area contributed by atoms with Crippen LogP contribution >= 0.6 is 0 Å². The minimum absolute atomic E-state index is 0.0806. The average Bonchev–Trinajstić information content (AvgIpc) is 2.78. The molecule has 0 aromatic heterocycles. The average molecular weight is 421 g/mol. The summed E-state index contributed by atoms with van der Waals surface area (Å²) in [6.07, 6.45) is 2.57. The van der Waals surface area contributed by atoms with Gasteiger partial charge in [0.05, 0.1) is 12.2 Å². The van der Waals surface area contributed by atoms with Crippen molar-refractivity contribution < 1.29 is 14.3 Å². The fourth-order valence-corrected chi connectivity index (χ4v) is 4.88. The van der Waals surface area contributed by atoms with Crippen LogP contribution in [0.3, 0.4) is 0 Å². The van der Waals surface area contributed by atoms with E-state index >= 15 is 0 Å². The lowest BCUT2D eigenvalue weighted by molar-refractivity contribution is -0.136. The Balaban J connectivity index is 1.53. The van der Waals surface area contributed by atoms with Gasteiger partial charge >= 0.3 is 0 Å². The van der Waals surface area contributed by atoms with Crippen LogP contribution in [0.15, 0.2) is 48.5 Å². The van der Waals surface area contributed by atoms with E-state index in [0.29, 0.717) is 18.5 Å². The second kappa shape index (κ2) is 9.64. The molecule has 0 unspecified atom stereocenters. The fourth-order valence-electron chi connectivity index (χ4n) is 4.88. The van der Waals surface area contributed by atoms with Crippen LogP contribution in [-0.2, 0) is 4.79 Å². The molecule has 2 aromatic rings. The topological polar surface area (TPSA) is 43.8 Å². The molecule has 1 amide bonds. The van der Waals surface area contributed by atoms with Gasteiger partial charge in [0.25, 0.3) is 0 Å². The monoisotopic (exact) mass is 420 g/mol. The first kappa shape index (κ1) is 21.5. The van der Waals surface area contributed by atoms with Crippen molar-refractivity contribution in [3.63, 3.8) is 0 Å². The molecule has 3 atom stereocenters. The number of carbonyl (C=O) groups is 1. The maximum atomic E-state index is 13.8. The minimum Gasteiger partial charge on any atom is -0.395 e. The van der Waals surface area contributed by atoms with Crippen molar-refractivity contribution in [2.45, 2.75) is 44.2 Å². The second-order valence-corrected chi connectivity index (χ2v) is 8.33. The Kier molecular flexibility index (Phi) is 6.70. The van der Waals surface area contributed by atoms with E-state index in [9.17, 15) is 14.3 Å². The Bertz CT molecular complexity index is 979. The lowest BCUT2D eigenvalue weighted by Gasteiger charge is -2.57. The first-order valence-electron chi connectivity index (χ1n) is 11.1. The zero-order valence-electron chi connectivity index (χ0n) is 17.9. The van der Waals surface area contributed by atoms with Crippen LogP contribution in [0.25, 0.3) is 0 Å². The summed E-state index contributed by atoms with van der Waals surface area (Å²) in [5, 5.41) is 10.1. The predicted octanol–water partition coefficient (Wildman–Crippen LogP) is 3.39. The lowest BCUT2D eigenvalue weighted by Crippen LogP contribution is -2.67. The highest BCUT2D eigenvalue weighted by atomic mass is 19.1. The molecule has 5 heteroatoms. The van der Waals surface area contributed by atoms with E-state index in [-0.39, 0.29) is 36.3 Å². The van der Waals surface area contributed by atoms with Gasteiger partial charge in [-0.05, 0) is 49.2 Å². The summed E-state index contributed by atoms with van der Waals surface area (Å²) >= 11 is 0. The van der Waals surface area contributed by atoms with Gasteiger partial charge in [-0.1, -0.05) is 43.0 Å². The Morgan fingerprint density at radius 3 is 2.55 bits per heavy atom. The molecule has 2 heterocycles. The number of hydrogen-bond acceptors (Lipinski definition) is 3. The molecule has 2 aliphatic rings. The van der Waals surface area contributed by atoms with Crippen molar-refractivity contribution in [3.05, 3.63) is 71.0 Å². The largest absolute Gasteiger partial charge is 0.395 e. The molecule has 0 radical (unpaired) electrons. The molecule has 0 saturated carbocycles. The van der Waals surface area contributed by atoms with Crippen molar-refractivity contribution in [3.8, 4) is 11.8 Å². The zero-order chi connectivity index (χ0) is 21.8. The summed E-state index contributed by atoms with van der Waals surface area (Å²) in [5.41, 5.74) is 2.36. The van der Waals surface area contributed by atoms with Crippen molar-refractivity contribution >= 4 is 5.91 Å². The zero-order valence-corrected chi connectivity index (χ0v) is 17.9. The molecule has 2 fully saturated rings. The third-order valence-corrected chi connectivity index (χ3v) is 6.54. The van der Waals surface area contributed by atoms with E-state index in [1.807, 2.05) is 24.0 Å². The maximum Gasteiger partial charge on any atom is 0.222 e. The third-order valence-electron chi connectivity index (χ3n) is 6.54. The Morgan fingerprint density at radius 2 is 1.84 bits per heavy atom. The lowest BCUT2D eigenvalue weighted by atomic mass is 9.74. The molecule has 0 bridgehead atoms. The minimum atomic E-state index is -0.317. The summed E-state index contributed by atoms with van der Waals surface area (Å²) in [6, 6.07) is 14.8. The number of amides is 1. The molecule has 4 rings (SSSR count). The number of aliphatic hydroxyl groups is 1. The summed E-state index contributed by atoms with van der Waals surface area (Å²) in [7, 11) is 0. The van der Waals surface area contributed by atoms with Gasteiger partial charge in [-0.25, -0.2) is 4.39 Å². The fraction of sp³-hybridized carbons (Fsp3) is 0.423. The number of fused-ring (bicyclic) bond motifs is 1. The van der Waals surface area contributed by atoms with E-state index in [1.165, 1.54) is 6.07 Å². The van der Waals surface area contributed by atoms with Crippen LogP contribution < -0.4 is 0 Å². The summed E-state index contributed by atoms with van der Waals surface area (Å²) in [6.45, 7) is 4.51. The van der Waals surface area contributed by atoms with E-state index < -0.39 is 0 Å². The Labute approximate surface area is 183 Å². The summed E-state index contributed by atoms with van der Waals surface area (Å²) in [5.74, 6) is 5.99. The number of halogens is 1. The van der Waals surface area contributed by atoms with E-state index in [0.717, 1.165) is 37.1 Å². The smallest absolute Gasteiger partial charge is 0.222 e. The van der Waals surface area contributed by atoms with Gasteiger partial charge in [-0.2, -0.15) is 0 Å². The van der Waals surface area contributed by atoms with Crippen LogP contribution in [0.2, 0.25) is 0 Å². The molecule has 2 saturated heterocycles. The van der Waals surface area contributed by atoms with Crippen LogP contribution in [0.1, 0.15) is 48.8 Å². The number of carbonyl (C=O) groups excluding carboxylic acids is 1. The highest BCUT2D eigenvalue weighted by molar-refractivity contribution is 5.75. The van der Waals surface area contributed by atoms with E-state index in [4.69, 9.17) is 0 Å². The van der Waals surface area contributed by atoms with Crippen LogP contribution in [0, 0.1) is 17.7 Å². The number of hydrogen-bond donors (Lipinski definition) is 1. The number of aliphatic hydroxyl groups excluding tert-OH is 1. The molecule has 0 aliphatic carbocycles. The van der Waals surface area contributed by atoms with Crippen LogP contribution in [0.4, 0.5) is 4.39 Å². The van der Waals surface area contributed by atoms with Crippen molar-refractivity contribution in [2.75, 3.05) is 26.2 Å². The van der Waals surface area contributed by atoms with Gasteiger partial charge in [0.1, 0.15) is 5.82 Å². The van der Waals surface area contributed by atoms with Crippen LogP contribution in [0.5, 0.6) is 0 Å². The van der Waals surface area contributed by atoms with Gasteiger partial charge in [-0.3, -0.25) is 9.69 Å². The summed E-state index contributed by atoms with van der Waals surface area (Å²) in [4.78, 5) is 16.7. The Hall–Kier alpha value is -2.68.